The Morgan fingerprint density at radius 3 is 2.44 bits per heavy atom. The molecule has 1 aliphatic carbocycles. The van der Waals surface area contributed by atoms with Crippen molar-refractivity contribution < 1.29 is 9.53 Å². The molecule has 4 aromatic rings. The van der Waals surface area contributed by atoms with Crippen LogP contribution in [0.3, 0.4) is 0 Å². The van der Waals surface area contributed by atoms with Gasteiger partial charge in [-0.15, -0.1) is 0 Å². The molecule has 5 heteroatoms. The Balaban J connectivity index is 1.28. The zero-order valence-electron chi connectivity index (χ0n) is 19.4. The van der Waals surface area contributed by atoms with Crippen LogP contribution >= 0.6 is 0 Å². The van der Waals surface area contributed by atoms with Crippen LogP contribution in [0.25, 0.3) is 22.6 Å². The molecule has 0 aliphatic heterocycles. The average Bonchev–Trinajstić information content (AvgIpc) is 3.40. The van der Waals surface area contributed by atoms with Crippen molar-refractivity contribution >= 4 is 11.6 Å². The molecular formula is C29H29N3O2. The summed E-state index contributed by atoms with van der Waals surface area (Å²) in [5.74, 6) is 2.10. The van der Waals surface area contributed by atoms with Gasteiger partial charge >= 0.3 is 0 Å². The van der Waals surface area contributed by atoms with Crippen LogP contribution in [0.5, 0.6) is 5.75 Å². The molecule has 0 saturated heterocycles. The molecule has 1 fully saturated rings. The van der Waals surface area contributed by atoms with Gasteiger partial charge in [0.15, 0.2) is 0 Å². The zero-order valence-corrected chi connectivity index (χ0v) is 19.4. The van der Waals surface area contributed by atoms with E-state index in [1.54, 1.807) is 7.11 Å². The lowest BCUT2D eigenvalue weighted by Gasteiger charge is -2.22. The summed E-state index contributed by atoms with van der Waals surface area (Å²) in [5.41, 5.74) is 5.62. The molecule has 0 bridgehead atoms. The number of carbonyl (C=O) groups is 1. The lowest BCUT2D eigenvalue weighted by molar-refractivity contribution is 0.102. The number of benzene rings is 3. The van der Waals surface area contributed by atoms with Gasteiger partial charge in [0.2, 0.25) is 0 Å². The van der Waals surface area contributed by atoms with Crippen molar-refractivity contribution in [3.63, 3.8) is 0 Å². The van der Waals surface area contributed by atoms with Gasteiger partial charge in [0.25, 0.3) is 5.91 Å². The fourth-order valence-electron chi connectivity index (χ4n) is 4.68. The summed E-state index contributed by atoms with van der Waals surface area (Å²) in [5, 5.41) is 3.02. The van der Waals surface area contributed by atoms with Crippen molar-refractivity contribution in [1.29, 1.82) is 0 Å². The van der Waals surface area contributed by atoms with E-state index < -0.39 is 0 Å². The van der Waals surface area contributed by atoms with Gasteiger partial charge in [-0.05, 0) is 78.4 Å². The van der Waals surface area contributed by atoms with Crippen LogP contribution in [0.1, 0.15) is 53.9 Å². The number of aromatic nitrogens is 2. The number of nitrogens with zero attached hydrogens (tertiary/aromatic N) is 1. The first-order chi connectivity index (χ1) is 16.7. The highest BCUT2D eigenvalue weighted by Crippen LogP contribution is 2.32. The summed E-state index contributed by atoms with van der Waals surface area (Å²) in [6.07, 6.45) is 8.28. The van der Waals surface area contributed by atoms with Gasteiger partial charge in [-0.3, -0.25) is 4.79 Å². The maximum atomic E-state index is 12.8. The molecule has 1 aromatic heterocycles. The van der Waals surface area contributed by atoms with E-state index in [9.17, 15) is 4.79 Å². The van der Waals surface area contributed by atoms with Gasteiger partial charge in [-0.1, -0.05) is 43.5 Å². The number of methoxy groups -OCH3 is 1. The molecule has 1 amide bonds. The van der Waals surface area contributed by atoms with Crippen LogP contribution in [0, 0.1) is 0 Å². The molecule has 1 aliphatic rings. The molecule has 0 atom stereocenters. The van der Waals surface area contributed by atoms with Crippen LogP contribution < -0.4 is 10.1 Å². The fourth-order valence-corrected chi connectivity index (χ4v) is 4.68. The van der Waals surface area contributed by atoms with Crippen LogP contribution in [0.4, 0.5) is 5.69 Å². The van der Waals surface area contributed by atoms with E-state index in [4.69, 9.17) is 4.74 Å². The van der Waals surface area contributed by atoms with Gasteiger partial charge in [0, 0.05) is 16.8 Å². The Kier molecular flexibility index (Phi) is 6.43. The highest BCUT2D eigenvalue weighted by Gasteiger charge is 2.16. The molecule has 0 spiro atoms. The third-order valence-electron chi connectivity index (χ3n) is 6.62. The Morgan fingerprint density at radius 1 is 0.941 bits per heavy atom. The van der Waals surface area contributed by atoms with Crippen molar-refractivity contribution in [2.24, 2.45) is 0 Å². The first-order valence-electron chi connectivity index (χ1n) is 11.9. The second-order valence-corrected chi connectivity index (χ2v) is 8.87. The molecule has 0 radical (unpaired) electrons. The van der Waals surface area contributed by atoms with E-state index >= 15 is 0 Å². The number of carbonyl (C=O) groups excluding carboxylic acids is 1. The van der Waals surface area contributed by atoms with E-state index in [2.05, 4.69) is 27.4 Å². The van der Waals surface area contributed by atoms with E-state index in [0.29, 0.717) is 11.5 Å². The average molecular weight is 452 g/mol. The minimum atomic E-state index is -0.106. The summed E-state index contributed by atoms with van der Waals surface area (Å²) in [4.78, 5) is 20.8. The Labute approximate surface area is 200 Å². The molecular weight excluding hydrogens is 422 g/mol. The number of hydrogen-bond acceptors (Lipinski definition) is 3. The van der Waals surface area contributed by atoms with Gasteiger partial charge in [0.05, 0.1) is 19.0 Å². The minimum absolute atomic E-state index is 0.106. The van der Waals surface area contributed by atoms with Crippen LogP contribution in [-0.2, 0) is 0 Å². The summed E-state index contributed by atoms with van der Waals surface area (Å²) < 4.78 is 5.23. The van der Waals surface area contributed by atoms with E-state index in [1.807, 2.05) is 66.9 Å². The number of hydrogen-bond donors (Lipinski definition) is 2. The molecule has 5 rings (SSSR count). The van der Waals surface area contributed by atoms with Crippen molar-refractivity contribution in [2.45, 2.75) is 38.0 Å². The summed E-state index contributed by atoms with van der Waals surface area (Å²) >= 11 is 0. The van der Waals surface area contributed by atoms with Crippen LogP contribution in [0.2, 0.25) is 0 Å². The number of aromatic amines is 1. The lowest BCUT2D eigenvalue weighted by atomic mass is 9.84. The van der Waals surface area contributed by atoms with Crippen LogP contribution in [-0.4, -0.2) is 23.0 Å². The molecule has 172 valence electrons. The second kappa shape index (κ2) is 9.96. The van der Waals surface area contributed by atoms with Gasteiger partial charge in [-0.2, -0.15) is 0 Å². The van der Waals surface area contributed by atoms with E-state index in [0.717, 1.165) is 34.1 Å². The smallest absolute Gasteiger partial charge is 0.255 e. The molecule has 1 heterocycles. The lowest BCUT2D eigenvalue weighted by Crippen LogP contribution is -2.12. The second-order valence-electron chi connectivity index (χ2n) is 8.87. The predicted molar refractivity (Wildman–Crippen MR) is 136 cm³/mol. The monoisotopic (exact) mass is 451 g/mol. The van der Waals surface area contributed by atoms with Gasteiger partial charge in [-0.25, -0.2) is 4.98 Å². The first kappa shape index (κ1) is 22.0. The molecule has 2 N–H and O–H groups in total. The third-order valence-corrected chi connectivity index (χ3v) is 6.62. The van der Waals surface area contributed by atoms with Gasteiger partial charge in [0.1, 0.15) is 11.6 Å². The topological polar surface area (TPSA) is 67.0 Å². The van der Waals surface area contributed by atoms with E-state index in [-0.39, 0.29) is 5.91 Å². The summed E-state index contributed by atoms with van der Waals surface area (Å²) in [7, 11) is 1.65. The number of nitrogens with one attached hydrogen (secondary N) is 2. The number of H-pyrrole nitrogens is 1. The number of rotatable bonds is 6. The first-order valence-corrected chi connectivity index (χ1v) is 11.9. The molecule has 34 heavy (non-hydrogen) atoms. The fraction of sp³-hybridized carbons (Fsp3) is 0.241. The Morgan fingerprint density at radius 2 is 1.71 bits per heavy atom. The minimum Gasteiger partial charge on any atom is -0.497 e. The molecule has 3 aromatic carbocycles. The zero-order chi connectivity index (χ0) is 23.3. The quantitative estimate of drug-likeness (QED) is 0.330. The maximum absolute atomic E-state index is 12.8. The molecule has 5 nitrogen and oxygen atoms in total. The van der Waals surface area contributed by atoms with Crippen molar-refractivity contribution in [1.82, 2.24) is 9.97 Å². The standard InChI is InChI=1S/C29H29N3O2/c1-34-26-16-14-22(15-17-26)27-19-30-28(32-27)24-8-5-9-25(18-24)31-29(33)23-12-10-21(11-13-23)20-6-3-2-4-7-20/h5,8-20H,2-4,6-7H2,1H3,(H,30,32)(H,31,33). The van der Waals surface area contributed by atoms with E-state index in [1.165, 1.54) is 37.7 Å². The van der Waals surface area contributed by atoms with Crippen molar-refractivity contribution in [3.05, 3.63) is 90.1 Å². The number of amides is 1. The predicted octanol–water partition coefficient (Wildman–Crippen LogP) is 7.05. The highest BCUT2D eigenvalue weighted by atomic mass is 16.5. The van der Waals surface area contributed by atoms with Crippen molar-refractivity contribution in [2.75, 3.05) is 12.4 Å². The number of imidazole rings is 1. The SMILES string of the molecule is COc1ccc(-c2cnc(-c3cccc(NC(=O)c4ccc(C5CCCCC5)cc4)c3)[nH]2)cc1. The number of anilines is 1. The normalized spacial score (nSPS) is 14.0. The number of ether oxygens (including phenoxy) is 1. The molecule has 1 saturated carbocycles. The molecule has 0 unspecified atom stereocenters. The summed E-state index contributed by atoms with van der Waals surface area (Å²) in [6, 6.07) is 23.7. The van der Waals surface area contributed by atoms with Gasteiger partial charge < -0.3 is 15.0 Å². The van der Waals surface area contributed by atoms with Crippen LogP contribution in [0.15, 0.2) is 79.0 Å². The van der Waals surface area contributed by atoms with Crippen molar-refractivity contribution in [3.8, 4) is 28.4 Å². The third kappa shape index (κ3) is 4.88. The largest absolute Gasteiger partial charge is 0.497 e. The highest BCUT2D eigenvalue weighted by molar-refractivity contribution is 6.04. The Bertz CT molecular complexity index is 1250. The Hall–Kier alpha value is -3.86. The summed E-state index contributed by atoms with van der Waals surface area (Å²) in [6.45, 7) is 0. The maximum Gasteiger partial charge on any atom is 0.255 e.